The molecule has 0 aliphatic rings. The quantitative estimate of drug-likeness (QED) is 0.00650. The van der Waals surface area contributed by atoms with Crippen LogP contribution in [0.5, 0.6) is 46.0 Å². The fourth-order valence-corrected chi connectivity index (χ4v) is 12.8. The third kappa shape index (κ3) is 33.2. The molecular weight excluding hydrogens is 1640 g/mol. The van der Waals surface area contributed by atoms with Gasteiger partial charge in [0.2, 0.25) is 5.13 Å². The van der Waals surface area contributed by atoms with E-state index in [2.05, 4.69) is 41.6 Å². The minimum Gasteiger partial charge on any atom is -0.494 e. The van der Waals surface area contributed by atoms with E-state index >= 15 is 0 Å². The van der Waals surface area contributed by atoms with Gasteiger partial charge in [-0.25, -0.2) is 53.1 Å². The van der Waals surface area contributed by atoms with Crippen LogP contribution in [-0.4, -0.2) is 144 Å². The summed E-state index contributed by atoms with van der Waals surface area (Å²) in [5, 5.41) is 16.2. The first-order chi connectivity index (χ1) is 61.9. The lowest BCUT2D eigenvalue weighted by molar-refractivity contribution is -0.138. The molecule has 0 spiro atoms. The minimum absolute atomic E-state index is 0.00971. The van der Waals surface area contributed by atoms with Gasteiger partial charge in [-0.3, -0.25) is 0 Å². The van der Waals surface area contributed by atoms with Crippen molar-refractivity contribution in [2.45, 2.75) is 103 Å². The third-order valence-electron chi connectivity index (χ3n) is 18.7. The highest BCUT2D eigenvalue weighted by Crippen LogP contribution is 2.38. The van der Waals surface area contributed by atoms with Crippen LogP contribution in [0.15, 0.2) is 260 Å². The number of hydrogen-bond donors (Lipinski definition) is 0. The number of benzene rings is 9. The summed E-state index contributed by atoms with van der Waals surface area (Å²) < 4.78 is 72.4. The molecule has 28 heteroatoms. The Kier molecular flexibility index (Phi) is 40.4. The van der Waals surface area contributed by atoms with Crippen molar-refractivity contribution in [3.8, 4) is 46.0 Å². The Balaban J connectivity index is 0.000000287. The van der Waals surface area contributed by atoms with Gasteiger partial charge in [-0.1, -0.05) is 74.1 Å². The van der Waals surface area contributed by atoms with Gasteiger partial charge < -0.3 is 61.6 Å². The first-order valence-corrected chi connectivity index (χ1v) is 42.3. The predicted molar refractivity (Wildman–Crippen MR) is 485 cm³/mol. The maximum atomic E-state index is 13.8. The molecule has 10 aromatic rings. The lowest BCUT2D eigenvalue weighted by Crippen LogP contribution is -2.13. The predicted octanol–water partition coefficient (Wildman–Crippen LogP) is 19.4. The second kappa shape index (κ2) is 53.4. The van der Waals surface area contributed by atoms with Crippen molar-refractivity contribution in [3.63, 3.8) is 0 Å². The minimum atomic E-state index is -0.707. The van der Waals surface area contributed by atoms with Gasteiger partial charge in [0, 0.05) is 47.7 Å². The van der Waals surface area contributed by atoms with Crippen LogP contribution in [-0.2, 0) is 42.9 Å². The molecular formula is C99H101N5O22S. The van der Waals surface area contributed by atoms with E-state index in [1.54, 1.807) is 164 Å². The van der Waals surface area contributed by atoms with Gasteiger partial charge in [-0.05, 0) is 272 Å². The molecule has 0 saturated heterocycles. The van der Waals surface area contributed by atoms with Crippen LogP contribution in [0, 0.1) is 0 Å². The summed E-state index contributed by atoms with van der Waals surface area (Å²) in [5.74, 6) is -1.48. The van der Waals surface area contributed by atoms with E-state index in [0.717, 1.165) is 137 Å². The number of hydrazone groups is 1. The topological polar surface area (TPSA) is 327 Å². The van der Waals surface area contributed by atoms with Crippen molar-refractivity contribution in [3.05, 3.63) is 289 Å². The van der Waals surface area contributed by atoms with Crippen molar-refractivity contribution in [1.82, 2.24) is 4.98 Å². The number of anilines is 1. The number of carbonyl (C=O) groups is 9. The Morgan fingerprint density at radius 2 is 0.724 bits per heavy atom. The van der Waals surface area contributed by atoms with E-state index in [1.807, 2.05) is 36.4 Å². The molecule has 127 heavy (non-hydrogen) atoms. The van der Waals surface area contributed by atoms with Crippen molar-refractivity contribution in [1.29, 1.82) is 0 Å². The van der Waals surface area contributed by atoms with E-state index < -0.39 is 53.7 Å². The fourth-order valence-electron chi connectivity index (χ4n) is 11.9. The van der Waals surface area contributed by atoms with Crippen molar-refractivity contribution in [2.75, 3.05) is 72.0 Å². The number of unbranched alkanes of at least 4 members (excludes halogenated alkanes) is 12. The van der Waals surface area contributed by atoms with E-state index in [1.165, 1.54) is 43.0 Å². The number of ether oxygens (including phenoxy) is 13. The lowest BCUT2D eigenvalue weighted by atomic mass is 10.0. The smallest absolute Gasteiger partial charge is 0.343 e. The van der Waals surface area contributed by atoms with Crippen LogP contribution < -0.4 is 42.9 Å². The number of para-hydroxylation sites is 1. The number of thiazole rings is 1. The lowest BCUT2D eigenvalue weighted by Gasteiger charge is -2.16. The first-order valence-electron chi connectivity index (χ1n) is 41.5. The summed E-state index contributed by atoms with van der Waals surface area (Å²) in [7, 11) is 3.00. The molecule has 1 aromatic heterocycles. The highest BCUT2D eigenvalue weighted by atomic mass is 32.1. The monoisotopic (exact) mass is 1740 g/mol. The SMILES string of the molecule is C=CC(=O)OCCCCCCOc1ccc(C(=O)Oc2cc(/C=N/N(C)c3nc4ccccc4s3)c(OC(=O)c3ccc(OCCCCCCOC(=O)C=C)cc3)c3ccccc23)cc1.C=CC(=O)OCCCCCCOc1ccc(C(=O)Oc2ccc(/C=N/N=C/c3ccc(OC(=O)c4ccc(OCCCCCCOC(=O)C=C)cc4)c(C(=O)OC)c3)cc2)cc1. The normalized spacial score (nSPS) is 10.9. The van der Waals surface area contributed by atoms with Crippen molar-refractivity contribution in [2.24, 2.45) is 15.3 Å². The van der Waals surface area contributed by atoms with Crippen LogP contribution in [0.3, 0.4) is 0 Å². The van der Waals surface area contributed by atoms with Crippen LogP contribution in [0.4, 0.5) is 5.13 Å². The van der Waals surface area contributed by atoms with Gasteiger partial charge in [-0.15, -0.1) is 0 Å². The number of nitrogens with zero attached hydrogens (tertiary/aromatic N) is 5. The summed E-state index contributed by atoms with van der Waals surface area (Å²) in [6, 6.07) is 54.5. The highest BCUT2D eigenvalue weighted by molar-refractivity contribution is 7.22. The van der Waals surface area contributed by atoms with E-state index in [-0.39, 0.29) is 28.4 Å². The molecule has 27 nitrogen and oxygen atoms in total. The number of aromatic nitrogens is 1. The number of hydrogen-bond acceptors (Lipinski definition) is 28. The molecule has 0 saturated carbocycles. The molecule has 0 aliphatic carbocycles. The zero-order valence-electron chi connectivity index (χ0n) is 70.9. The standard InChI is InChI=1S/C51H51N3O10S.C48H50N2O12/c1-4-46(55)61-32-16-8-6-14-30-59-39-26-22-36(23-27-39)49(57)63-44-34-38(35-52-54(3)51-53-43-20-12-13-21-45(43)65-51)48(42-19-11-10-18-41(42)44)64-50(58)37-24-28-40(29-25-37)60-31-15-7-9-17-33-62-47(56)5-2;1-4-44(51)59-30-12-8-6-10-28-57-39-23-17-37(18-24-39)46(53)61-41-21-14-35(15-22-41)33-49-50-34-36-16-27-43(42(32-36)48(55)56-3)62-47(54)38-19-25-40(26-20-38)58-29-11-7-9-13-31-60-45(52)5-2/h4-5,10-13,18-29,34-35H,1-2,6-9,14-17,30-33H2,3H3;4-5,14-27,32-34H,1-2,6-13,28-31H2,3H3/b52-35+;49-33+,50-34+. The Morgan fingerprint density at radius 1 is 0.362 bits per heavy atom. The molecule has 0 unspecified atom stereocenters. The molecule has 0 atom stereocenters. The maximum Gasteiger partial charge on any atom is 0.343 e. The number of fused-ring (bicyclic) bond motifs is 2. The van der Waals surface area contributed by atoms with Gasteiger partial charge >= 0.3 is 53.7 Å². The van der Waals surface area contributed by atoms with E-state index in [0.29, 0.717) is 131 Å². The molecule has 0 radical (unpaired) electrons. The molecule has 0 amide bonds. The third-order valence-corrected chi connectivity index (χ3v) is 19.8. The van der Waals surface area contributed by atoms with Crippen LogP contribution >= 0.6 is 11.3 Å². The van der Waals surface area contributed by atoms with Gasteiger partial charge in [0.05, 0.1) is 111 Å². The summed E-state index contributed by atoms with van der Waals surface area (Å²) in [4.78, 5) is 115. The molecule has 0 fully saturated rings. The zero-order valence-corrected chi connectivity index (χ0v) is 71.8. The number of methoxy groups -OCH3 is 1. The second-order valence-electron chi connectivity index (χ2n) is 28.1. The second-order valence-corrected chi connectivity index (χ2v) is 29.1. The van der Waals surface area contributed by atoms with Crippen LogP contribution in [0.25, 0.3) is 21.0 Å². The largest absolute Gasteiger partial charge is 0.494 e. The summed E-state index contributed by atoms with van der Waals surface area (Å²) in [6.45, 7) is 17.0. The van der Waals surface area contributed by atoms with E-state index in [4.69, 9.17) is 66.6 Å². The zero-order chi connectivity index (χ0) is 90.2. The molecule has 660 valence electrons. The number of esters is 9. The summed E-state index contributed by atoms with van der Waals surface area (Å²) in [6.07, 6.45) is 22.7. The van der Waals surface area contributed by atoms with Gasteiger partial charge in [0.1, 0.15) is 51.6 Å². The van der Waals surface area contributed by atoms with Crippen molar-refractivity contribution >= 4 is 110 Å². The molecule has 0 N–H and O–H groups in total. The number of rotatable bonds is 51. The molecule has 9 aromatic carbocycles. The molecule has 0 bridgehead atoms. The Labute approximate surface area is 740 Å². The first kappa shape index (κ1) is 96.2. The van der Waals surface area contributed by atoms with Crippen LogP contribution in [0.1, 0.15) is 171 Å². The molecule has 1 heterocycles. The van der Waals surface area contributed by atoms with Crippen molar-refractivity contribution < 1.29 is 105 Å². The Hall–Kier alpha value is -14.7. The van der Waals surface area contributed by atoms with E-state index in [9.17, 15) is 43.2 Å². The average molecular weight is 1740 g/mol. The van der Waals surface area contributed by atoms with Gasteiger partial charge in [0.25, 0.3) is 0 Å². The maximum absolute atomic E-state index is 13.8. The van der Waals surface area contributed by atoms with Gasteiger partial charge in [-0.2, -0.15) is 15.3 Å². The highest BCUT2D eigenvalue weighted by Gasteiger charge is 2.23. The molecule has 10 rings (SSSR count). The Morgan fingerprint density at radius 3 is 1.14 bits per heavy atom. The Bertz CT molecular complexity index is 5400. The van der Waals surface area contributed by atoms with Crippen LogP contribution in [0.2, 0.25) is 0 Å². The fraction of sp³-hybridized carbons (Fsp3) is 0.263. The average Bonchev–Trinajstić information content (AvgIpc) is 0.973. The van der Waals surface area contributed by atoms with Gasteiger partial charge in [0.15, 0.2) is 0 Å². The number of carbonyl (C=O) groups excluding carboxylic acids is 9. The summed E-state index contributed by atoms with van der Waals surface area (Å²) in [5.41, 5.74) is 3.68. The molecule has 0 aliphatic heterocycles. The summed E-state index contributed by atoms with van der Waals surface area (Å²) >= 11 is 1.48.